The van der Waals surface area contributed by atoms with Crippen LogP contribution in [0.25, 0.3) is 10.4 Å². The van der Waals surface area contributed by atoms with Crippen molar-refractivity contribution in [2.24, 2.45) is 0 Å². The summed E-state index contributed by atoms with van der Waals surface area (Å²) in [7, 11) is 0. The van der Waals surface area contributed by atoms with E-state index >= 15 is 0 Å². The van der Waals surface area contributed by atoms with Gasteiger partial charge in [0, 0.05) is 6.20 Å². The molecule has 0 saturated heterocycles. The summed E-state index contributed by atoms with van der Waals surface area (Å²) in [6, 6.07) is 5.81. The average molecular weight is 254 g/mol. The largest absolute Gasteiger partial charge is 0.489 e. The Morgan fingerprint density at radius 3 is 2.75 bits per heavy atom. The molecule has 0 bridgehead atoms. The van der Waals surface area contributed by atoms with Crippen LogP contribution >= 0.6 is 22.9 Å². The molecule has 0 N–H and O–H groups in total. The van der Waals surface area contributed by atoms with Crippen LogP contribution in [-0.4, -0.2) is 11.1 Å². The molecule has 2 nitrogen and oxygen atoms in total. The van der Waals surface area contributed by atoms with Crippen LogP contribution in [0.15, 0.2) is 29.9 Å². The third-order valence-corrected chi connectivity index (χ3v) is 3.13. The van der Waals surface area contributed by atoms with E-state index in [-0.39, 0.29) is 6.10 Å². The Bertz CT molecular complexity index is 468. The summed E-state index contributed by atoms with van der Waals surface area (Å²) in [5.41, 5.74) is 2.88. The molecule has 0 atom stereocenters. The summed E-state index contributed by atoms with van der Waals surface area (Å²) >= 11 is 7.74. The highest BCUT2D eigenvalue weighted by Crippen LogP contribution is 2.32. The van der Waals surface area contributed by atoms with E-state index < -0.39 is 0 Å². The predicted molar refractivity (Wildman–Crippen MR) is 68.3 cm³/mol. The van der Waals surface area contributed by atoms with Crippen molar-refractivity contribution < 1.29 is 4.74 Å². The zero-order chi connectivity index (χ0) is 11.5. The highest BCUT2D eigenvalue weighted by atomic mass is 35.5. The Kier molecular flexibility index (Phi) is 3.46. The average Bonchev–Trinajstić information content (AvgIpc) is 2.73. The van der Waals surface area contributed by atoms with Gasteiger partial charge in [-0.1, -0.05) is 11.6 Å². The molecule has 0 unspecified atom stereocenters. The quantitative estimate of drug-likeness (QED) is 0.816. The number of nitrogens with zero attached hydrogens (tertiary/aromatic N) is 1. The third-order valence-electron chi connectivity index (χ3n) is 2.01. The summed E-state index contributed by atoms with van der Waals surface area (Å²) in [5.74, 6) is 0.727. The summed E-state index contributed by atoms with van der Waals surface area (Å²) in [4.78, 5) is 5.15. The Balaban J connectivity index is 2.29. The van der Waals surface area contributed by atoms with Gasteiger partial charge in [-0.3, -0.25) is 4.98 Å². The molecule has 0 aliphatic carbocycles. The topological polar surface area (TPSA) is 22.1 Å². The molecule has 4 heteroatoms. The molecule has 1 heterocycles. The molecule has 0 fully saturated rings. The van der Waals surface area contributed by atoms with Crippen molar-refractivity contribution in [1.82, 2.24) is 4.98 Å². The van der Waals surface area contributed by atoms with Gasteiger partial charge < -0.3 is 4.74 Å². The molecule has 1 aromatic carbocycles. The first-order valence-electron chi connectivity index (χ1n) is 5.02. The van der Waals surface area contributed by atoms with E-state index in [0.29, 0.717) is 5.02 Å². The molecule has 84 valence electrons. The van der Waals surface area contributed by atoms with Gasteiger partial charge in [-0.15, -0.1) is 11.3 Å². The second kappa shape index (κ2) is 4.85. The molecule has 0 aliphatic rings. The molecule has 1 aromatic heterocycles. The van der Waals surface area contributed by atoms with Crippen molar-refractivity contribution in [1.29, 1.82) is 0 Å². The van der Waals surface area contributed by atoms with Crippen LogP contribution in [-0.2, 0) is 0 Å². The van der Waals surface area contributed by atoms with E-state index in [0.717, 1.165) is 16.2 Å². The lowest BCUT2D eigenvalue weighted by Gasteiger charge is -2.11. The number of ether oxygens (including phenoxy) is 1. The van der Waals surface area contributed by atoms with Crippen molar-refractivity contribution >= 4 is 22.9 Å². The van der Waals surface area contributed by atoms with Gasteiger partial charge in [0.2, 0.25) is 0 Å². The van der Waals surface area contributed by atoms with E-state index in [1.807, 2.05) is 43.8 Å². The second-order valence-electron chi connectivity index (χ2n) is 3.68. The predicted octanol–water partition coefficient (Wildman–Crippen LogP) is 4.25. The minimum absolute atomic E-state index is 0.131. The standard InChI is InChI=1S/C12H12ClNOS/c1-8(2)15-11-4-3-9(5-10(11)13)12-6-14-7-16-12/h3-8H,1-2H3. The van der Waals surface area contributed by atoms with Gasteiger partial charge in [0.1, 0.15) is 5.75 Å². The van der Waals surface area contributed by atoms with E-state index in [9.17, 15) is 0 Å². The van der Waals surface area contributed by atoms with E-state index in [2.05, 4.69) is 4.98 Å². The van der Waals surface area contributed by atoms with Crippen LogP contribution in [0.1, 0.15) is 13.8 Å². The normalized spacial score (nSPS) is 10.8. The molecule has 2 aromatic rings. The number of benzene rings is 1. The Morgan fingerprint density at radius 2 is 2.19 bits per heavy atom. The van der Waals surface area contributed by atoms with Crippen molar-refractivity contribution in [3.05, 3.63) is 34.9 Å². The summed E-state index contributed by atoms with van der Waals surface area (Å²) < 4.78 is 5.57. The maximum Gasteiger partial charge on any atom is 0.138 e. The molecule has 0 aliphatic heterocycles. The Hall–Kier alpha value is -1.06. The van der Waals surface area contributed by atoms with Gasteiger partial charge in [-0.2, -0.15) is 0 Å². The van der Waals surface area contributed by atoms with E-state index in [1.165, 1.54) is 0 Å². The molecular weight excluding hydrogens is 242 g/mol. The van der Waals surface area contributed by atoms with Gasteiger partial charge in [0.25, 0.3) is 0 Å². The molecule has 0 amide bonds. The highest BCUT2D eigenvalue weighted by Gasteiger charge is 2.06. The maximum atomic E-state index is 6.15. The third kappa shape index (κ3) is 2.54. The zero-order valence-corrected chi connectivity index (χ0v) is 10.7. The van der Waals surface area contributed by atoms with Gasteiger partial charge in [-0.05, 0) is 37.6 Å². The van der Waals surface area contributed by atoms with Crippen LogP contribution < -0.4 is 4.74 Å². The SMILES string of the molecule is CC(C)Oc1ccc(-c2cncs2)cc1Cl. The minimum atomic E-state index is 0.131. The van der Waals surface area contributed by atoms with Gasteiger partial charge in [-0.25, -0.2) is 0 Å². The lowest BCUT2D eigenvalue weighted by Crippen LogP contribution is -2.05. The van der Waals surface area contributed by atoms with Crippen LogP contribution in [0.5, 0.6) is 5.75 Å². The smallest absolute Gasteiger partial charge is 0.138 e. The molecule has 0 saturated carbocycles. The molecule has 0 spiro atoms. The highest BCUT2D eigenvalue weighted by molar-refractivity contribution is 7.13. The van der Waals surface area contributed by atoms with Crippen LogP contribution in [0, 0.1) is 0 Å². The Labute approximate surface area is 104 Å². The number of halogens is 1. The maximum absolute atomic E-state index is 6.15. The first kappa shape index (κ1) is 11.4. The number of thiazole rings is 1. The fraction of sp³-hybridized carbons (Fsp3) is 0.250. The van der Waals surface area contributed by atoms with Crippen molar-refractivity contribution in [2.75, 3.05) is 0 Å². The number of hydrogen-bond donors (Lipinski definition) is 0. The number of aromatic nitrogens is 1. The number of rotatable bonds is 3. The monoisotopic (exact) mass is 253 g/mol. The van der Waals surface area contributed by atoms with Gasteiger partial charge in [0.15, 0.2) is 0 Å². The number of hydrogen-bond acceptors (Lipinski definition) is 3. The molecule has 0 radical (unpaired) electrons. The molecule has 2 rings (SSSR count). The second-order valence-corrected chi connectivity index (χ2v) is 4.97. The first-order chi connectivity index (χ1) is 7.66. The zero-order valence-electron chi connectivity index (χ0n) is 9.11. The fourth-order valence-corrected chi connectivity index (χ4v) is 2.21. The van der Waals surface area contributed by atoms with Crippen LogP contribution in [0.2, 0.25) is 5.02 Å². The molecular formula is C12H12ClNOS. The van der Waals surface area contributed by atoms with Crippen LogP contribution in [0.4, 0.5) is 0 Å². The lowest BCUT2D eigenvalue weighted by atomic mass is 10.2. The molecule has 16 heavy (non-hydrogen) atoms. The van der Waals surface area contributed by atoms with E-state index in [4.69, 9.17) is 16.3 Å². The van der Waals surface area contributed by atoms with Gasteiger partial charge in [0.05, 0.1) is 21.5 Å². The van der Waals surface area contributed by atoms with Crippen molar-refractivity contribution in [2.45, 2.75) is 20.0 Å². The van der Waals surface area contributed by atoms with Crippen LogP contribution in [0.3, 0.4) is 0 Å². The summed E-state index contributed by atoms with van der Waals surface area (Å²) in [6.07, 6.45) is 1.96. The summed E-state index contributed by atoms with van der Waals surface area (Å²) in [6.45, 7) is 3.96. The van der Waals surface area contributed by atoms with E-state index in [1.54, 1.807) is 11.3 Å². The Morgan fingerprint density at radius 1 is 1.38 bits per heavy atom. The summed E-state index contributed by atoms with van der Waals surface area (Å²) in [5, 5.41) is 0.639. The minimum Gasteiger partial charge on any atom is -0.489 e. The van der Waals surface area contributed by atoms with Crippen molar-refractivity contribution in [3.63, 3.8) is 0 Å². The fourth-order valence-electron chi connectivity index (χ4n) is 1.36. The van der Waals surface area contributed by atoms with Gasteiger partial charge >= 0.3 is 0 Å². The van der Waals surface area contributed by atoms with Crippen molar-refractivity contribution in [3.8, 4) is 16.2 Å². The first-order valence-corrected chi connectivity index (χ1v) is 6.27. The lowest BCUT2D eigenvalue weighted by molar-refractivity contribution is 0.242.